The Kier molecular flexibility index (Phi) is 4.27. The number of aromatic nitrogens is 4. The lowest BCUT2D eigenvalue weighted by Gasteiger charge is -2.06. The van der Waals surface area contributed by atoms with E-state index in [1.165, 1.54) is 12.1 Å². The van der Waals surface area contributed by atoms with Crippen molar-refractivity contribution in [1.29, 1.82) is 0 Å². The zero-order valence-corrected chi connectivity index (χ0v) is 15.0. The number of aryl methyl sites for hydroxylation is 2. The summed E-state index contributed by atoms with van der Waals surface area (Å²) in [7, 11) is 0. The van der Waals surface area contributed by atoms with Gasteiger partial charge in [-0.05, 0) is 50.2 Å². The molecule has 27 heavy (non-hydrogen) atoms. The average molecular weight is 363 g/mol. The molecule has 0 bridgehead atoms. The topological polar surface area (TPSA) is 83.6 Å². The first-order chi connectivity index (χ1) is 13.0. The molecule has 0 atom stereocenters. The molecule has 0 fully saturated rings. The molecule has 2 heterocycles. The Hall–Kier alpha value is -3.35. The van der Waals surface area contributed by atoms with Crippen molar-refractivity contribution < 1.29 is 9.18 Å². The lowest BCUT2D eigenvalue weighted by molar-refractivity contribution is 0.0954. The predicted molar refractivity (Wildman–Crippen MR) is 101 cm³/mol. The van der Waals surface area contributed by atoms with E-state index in [0.717, 1.165) is 16.9 Å². The SMILES string of the molecule is Cc1nc2ccc(C(=O)NCCc3nc4ccc(F)cc4[nH]3)cc2nc1C. The first-order valence-corrected chi connectivity index (χ1v) is 8.67. The van der Waals surface area contributed by atoms with Crippen molar-refractivity contribution in [3.63, 3.8) is 0 Å². The van der Waals surface area contributed by atoms with Crippen molar-refractivity contribution in [2.75, 3.05) is 6.54 Å². The van der Waals surface area contributed by atoms with E-state index >= 15 is 0 Å². The van der Waals surface area contributed by atoms with Gasteiger partial charge in [-0.3, -0.25) is 4.79 Å². The van der Waals surface area contributed by atoms with Crippen LogP contribution in [0.4, 0.5) is 4.39 Å². The minimum Gasteiger partial charge on any atom is -0.352 e. The molecule has 0 aliphatic rings. The number of benzene rings is 2. The molecule has 0 saturated carbocycles. The average Bonchev–Trinajstić information content (AvgIpc) is 3.04. The van der Waals surface area contributed by atoms with Crippen LogP contribution in [-0.4, -0.2) is 32.4 Å². The summed E-state index contributed by atoms with van der Waals surface area (Å²) < 4.78 is 13.2. The number of carbonyl (C=O) groups is 1. The maximum Gasteiger partial charge on any atom is 0.251 e. The molecule has 0 unspecified atom stereocenters. The monoisotopic (exact) mass is 363 g/mol. The van der Waals surface area contributed by atoms with E-state index in [-0.39, 0.29) is 11.7 Å². The van der Waals surface area contributed by atoms with Crippen LogP contribution in [0.25, 0.3) is 22.1 Å². The van der Waals surface area contributed by atoms with E-state index in [4.69, 9.17) is 0 Å². The molecule has 2 aromatic carbocycles. The van der Waals surface area contributed by atoms with Gasteiger partial charge in [0, 0.05) is 18.5 Å². The standard InChI is InChI=1S/C20H18FN5O/c1-11-12(2)24-17-9-13(3-5-15(17)23-11)20(27)22-8-7-19-25-16-6-4-14(21)10-18(16)26-19/h3-6,9-10H,7-8H2,1-2H3,(H,22,27)(H,25,26). The van der Waals surface area contributed by atoms with Crippen LogP contribution in [0.3, 0.4) is 0 Å². The van der Waals surface area contributed by atoms with Gasteiger partial charge in [-0.15, -0.1) is 0 Å². The van der Waals surface area contributed by atoms with Gasteiger partial charge in [-0.2, -0.15) is 0 Å². The predicted octanol–water partition coefficient (Wildman–Crippen LogP) is 3.23. The number of fused-ring (bicyclic) bond motifs is 2. The van der Waals surface area contributed by atoms with Gasteiger partial charge in [0.05, 0.1) is 33.5 Å². The second-order valence-corrected chi connectivity index (χ2v) is 6.45. The van der Waals surface area contributed by atoms with Crippen LogP contribution in [0.1, 0.15) is 27.6 Å². The molecule has 2 aromatic heterocycles. The van der Waals surface area contributed by atoms with Crippen LogP contribution in [0.2, 0.25) is 0 Å². The Balaban J connectivity index is 1.44. The molecular formula is C20H18FN5O. The fraction of sp³-hybridized carbons (Fsp3) is 0.200. The Bertz CT molecular complexity index is 1170. The van der Waals surface area contributed by atoms with Crippen LogP contribution >= 0.6 is 0 Å². The molecule has 1 amide bonds. The molecule has 0 aliphatic carbocycles. The molecule has 4 aromatic rings. The highest BCUT2D eigenvalue weighted by Gasteiger charge is 2.09. The van der Waals surface area contributed by atoms with Gasteiger partial charge in [-0.25, -0.2) is 19.3 Å². The molecule has 0 radical (unpaired) electrons. The van der Waals surface area contributed by atoms with Crippen LogP contribution < -0.4 is 5.32 Å². The molecule has 2 N–H and O–H groups in total. The molecule has 0 aliphatic heterocycles. The Morgan fingerprint density at radius 2 is 1.74 bits per heavy atom. The largest absolute Gasteiger partial charge is 0.352 e. The molecule has 4 rings (SSSR count). The van der Waals surface area contributed by atoms with Gasteiger partial charge in [0.1, 0.15) is 11.6 Å². The molecule has 0 spiro atoms. The lowest BCUT2D eigenvalue weighted by Crippen LogP contribution is -2.26. The number of halogens is 1. The number of H-pyrrole nitrogens is 1. The van der Waals surface area contributed by atoms with Gasteiger partial charge >= 0.3 is 0 Å². The van der Waals surface area contributed by atoms with Gasteiger partial charge in [-0.1, -0.05) is 0 Å². The van der Waals surface area contributed by atoms with Crippen molar-refractivity contribution in [3.8, 4) is 0 Å². The van der Waals surface area contributed by atoms with Crippen LogP contribution in [0.5, 0.6) is 0 Å². The number of hydrogen-bond donors (Lipinski definition) is 2. The van der Waals surface area contributed by atoms with Crippen LogP contribution in [0, 0.1) is 19.7 Å². The number of carbonyl (C=O) groups excluding carboxylic acids is 1. The van der Waals surface area contributed by atoms with Crippen molar-refractivity contribution in [2.45, 2.75) is 20.3 Å². The molecular weight excluding hydrogens is 345 g/mol. The summed E-state index contributed by atoms with van der Waals surface area (Å²) >= 11 is 0. The Labute approximate surface area is 154 Å². The second kappa shape index (κ2) is 6.75. The number of nitrogens with zero attached hydrogens (tertiary/aromatic N) is 3. The highest BCUT2D eigenvalue weighted by molar-refractivity contribution is 5.97. The third-order valence-electron chi connectivity index (χ3n) is 4.48. The van der Waals surface area contributed by atoms with Crippen molar-refractivity contribution in [1.82, 2.24) is 25.3 Å². The zero-order chi connectivity index (χ0) is 19.0. The zero-order valence-electron chi connectivity index (χ0n) is 15.0. The summed E-state index contributed by atoms with van der Waals surface area (Å²) in [4.78, 5) is 28.8. The van der Waals surface area contributed by atoms with E-state index in [2.05, 4.69) is 25.3 Å². The second-order valence-electron chi connectivity index (χ2n) is 6.45. The normalized spacial score (nSPS) is 11.2. The van der Waals surface area contributed by atoms with Gasteiger partial charge < -0.3 is 10.3 Å². The summed E-state index contributed by atoms with van der Waals surface area (Å²) in [6, 6.07) is 9.70. The molecule has 0 saturated heterocycles. The summed E-state index contributed by atoms with van der Waals surface area (Å²) in [5.41, 5.74) is 5.08. The summed E-state index contributed by atoms with van der Waals surface area (Å²) in [6.45, 7) is 4.22. The Morgan fingerprint density at radius 1 is 1.00 bits per heavy atom. The van der Waals surface area contributed by atoms with Gasteiger partial charge in [0.2, 0.25) is 0 Å². The van der Waals surface area contributed by atoms with Crippen molar-refractivity contribution in [2.24, 2.45) is 0 Å². The van der Waals surface area contributed by atoms with Crippen LogP contribution in [-0.2, 0) is 6.42 Å². The fourth-order valence-corrected chi connectivity index (χ4v) is 2.92. The van der Waals surface area contributed by atoms with E-state index < -0.39 is 0 Å². The maximum atomic E-state index is 13.2. The smallest absolute Gasteiger partial charge is 0.251 e. The minimum atomic E-state index is -0.309. The van der Waals surface area contributed by atoms with Gasteiger partial charge in [0.15, 0.2) is 0 Å². The van der Waals surface area contributed by atoms with E-state index in [0.29, 0.717) is 40.9 Å². The maximum absolute atomic E-state index is 13.2. The molecule has 136 valence electrons. The number of aromatic amines is 1. The summed E-state index contributed by atoms with van der Waals surface area (Å²) in [5, 5.41) is 2.87. The lowest BCUT2D eigenvalue weighted by atomic mass is 10.1. The quantitative estimate of drug-likeness (QED) is 0.583. The molecule has 6 nitrogen and oxygen atoms in total. The van der Waals surface area contributed by atoms with E-state index in [1.807, 2.05) is 13.8 Å². The van der Waals surface area contributed by atoms with Gasteiger partial charge in [0.25, 0.3) is 5.91 Å². The third kappa shape index (κ3) is 3.48. The highest BCUT2D eigenvalue weighted by atomic mass is 19.1. The minimum absolute atomic E-state index is 0.181. The third-order valence-corrected chi connectivity index (χ3v) is 4.48. The first kappa shape index (κ1) is 17.1. The molecule has 7 heteroatoms. The number of amides is 1. The van der Waals surface area contributed by atoms with E-state index in [1.54, 1.807) is 24.3 Å². The fourth-order valence-electron chi connectivity index (χ4n) is 2.92. The van der Waals surface area contributed by atoms with Crippen molar-refractivity contribution >= 4 is 28.0 Å². The summed E-state index contributed by atoms with van der Waals surface area (Å²) in [5.74, 6) is 0.210. The van der Waals surface area contributed by atoms with Crippen molar-refractivity contribution in [3.05, 3.63) is 65.0 Å². The van der Waals surface area contributed by atoms with E-state index in [9.17, 15) is 9.18 Å². The number of nitrogens with one attached hydrogen (secondary N) is 2. The number of rotatable bonds is 4. The Morgan fingerprint density at radius 3 is 2.56 bits per heavy atom. The first-order valence-electron chi connectivity index (χ1n) is 8.67. The number of imidazole rings is 1. The number of hydrogen-bond acceptors (Lipinski definition) is 4. The highest BCUT2D eigenvalue weighted by Crippen LogP contribution is 2.15. The summed E-state index contributed by atoms with van der Waals surface area (Å²) in [6.07, 6.45) is 0.522. The van der Waals surface area contributed by atoms with Crippen LogP contribution in [0.15, 0.2) is 36.4 Å².